The van der Waals surface area contributed by atoms with E-state index in [1.54, 1.807) is 0 Å². The van der Waals surface area contributed by atoms with Gasteiger partial charge < -0.3 is 0 Å². The second-order valence-corrected chi connectivity index (χ2v) is 14.3. The van der Waals surface area contributed by atoms with E-state index < -0.39 is 8.07 Å². The van der Waals surface area contributed by atoms with Crippen molar-refractivity contribution in [3.63, 3.8) is 0 Å². The number of fused-ring (bicyclic) bond motifs is 3. The summed E-state index contributed by atoms with van der Waals surface area (Å²) in [5.74, 6) is 0. The quantitative estimate of drug-likeness (QED) is 0.280. The van der Waals surface area contributed by atoms with Gasteiger partial charge in [0.1, 0.15) is 0 Å². The van der Waals surface area contributed by atoms with E-state index in [-0.39, 0.29) is 5.41 Å². The Hall–Kier alpha value is -3.68. The summed E-state index contributed by atoms with van der Waals surface area (Å²) in [6, 6.07) is 47.8. The molecular formula is C34H30Si. The Morgan fingerprint density at radius 3 is 1.57 bits per heavy atom. The average Bonchev–Trinajstić information content (AvgIpc) is 3.20. The molecule has 0 fully saturated rings. The number of hydrogen-bond donors (Lipinski definition) is 0. The van der Waals surface area contributed by atoms with Crippen LogP contribution in [0.3, 0.4) is 0 Å². The van der Waals surface area contributed by atoms with Crippen LogP contribution in [-0.4, -0.2) is 8.07 Å². The normalized spacial score (nSPS) is 13.8. The van der Waals surface area contributed by atoms with Gasteiger partial charge in [0, 0.05) is 0 Å². The highest BCUT2D eigenvalue weighted by molar-refractivity contribution is 7.22. The standard InChI is InChI=1S/C34H30Si/c1-34(2,3)27-21-18-25(19-22-27)26-20-23-33-31(24-26)30-16-10-11-17-32(30)35(33,28-12-6-4-7-13-28)29-14-8-5-9-15-29/h4-24H,1-3H3. The second kappa shape index (κ2) is 8.22. The molecule has 0 bridgehead atoms. The lowest BCUT2D eigenvalue weighted by molar-refractivity contribution is 0.590. The first kappa shape index (κ1) is 21.8. The fourth-order valence-corrected chi connectivity index (χ4v) is 11.0. The van der Waals surface area contributed by atoms with Crippen molar-refractivity contribution in [3.05, 3.63) is 133 Å². The van der Waals surface area contributed by atoms with Gasteiger partial charge in [-0.1, -0.05) is 142 Å². The maximum atomic E-state index is 2.43. The van der Waals surface area contributed by atoms with Crippen LogP contribution in [0.25, 0.3) is 22.3 Å². The molecule has 1 heterocycles. The highest BCUT2D eigenvalue weighted by atomic mass is 28.3. The van der Waals surface area contributed by atoms with Crippen molar-refractivity contribution >= 4 is 28.8 Å². The summed E-state index contributed by atoms with van der Waals surface area (Å²) in [7, 11) is -2.38. The van der Waals surface area contributed by atoms with Gasteiger partial charge in [-0.15, -0.1) is 0 Å². The number of benzene rings is 5. The van der Waals surface area contributed by atoms with Crippen LogP contribution in [0.4, 0.5) is 0 Å². The first-order chi connectivity index (χ1) is 17.0. The minimum absolute atomic E-state index is 0.159. The van der Waals surface area contributed by atoms with Crippen molar-refractivity contribution in [1.82, 2.24) is 0 Å². The molecule has 1 aliphatic heterocycles. The lowest BCUT2D eigenvalue weighted by Crippen LogP contribution is -2.72. The van der Waals surface area contributed by atoms with Gasteiger partial charge >= 0.3 is 0 Å². The fraction of sp³-hybridized carbons (Fsp3) is 0.118. The molecule has 0 nitrogen and oxygen atoms in total. The van der Waals surface area contributed by atoms with Crippen LogP contribution in [0.5, 0.6) is 0 Å². The van der Waals surface area contributed by atoms with Gasteiger partial charge in [0.15, 0.2) is 8.07 Å². The first-order valence-corrected chi connectivity index (χ1v) is 14.5. The topological polar surface area (TPSA) is 0 Å². The van der Waals surface area contributed by atoms with Crippen LogP contribution < -0.4 is 20.7 Å². The van der Waals surface area contributed by atoms with E-state index in [1.165, 1.54) is 48.6 Å². The van der Waals surface area contributed by atoms with E-state index in [0.29, 0.717) is 0 Å². The molecule has 170 valence electrons. The Bertz CT molecular complexity index is 1450. The first-order valence-electron chi connectivity index (χ1n) is 12.5. The third-order valence-corrected chi connectivity index (χ3v) is 12.4. The van der Waals surface area contributed by atoms with Crippen LogP contribution in [0.1, 0.15) is 26.3 Å². The molecule has 0 amide bonds. The largest absolute Gasteiger partial charge is 0.180 e. The summed E-state index contributed by atoms with van der Waals surface area (Å²) >= 11 is 0. The lowest BCUT2D eigenvalue weighted by atomic mass is 9.86. The molecule has 0 N–H and O–H groups in total. The fourth-order valence-electron chi connectivity index (χ4n) is 5.79. The lowest BCUT2D eigenvalue weighted by Gasteiger charge is -2.31. The molecule has 0 unspecified atom stereocenters. The summed E-state index contributed by atoms with van der Waals surface area (Å²) in [4.78, 5) is 0. The van der Waals surface area contributed by atoms with E-state index >= 15 is 0 Å². The van der Waals surface area contributed by atoms with Crippen LogP contribution in [0, 0.1) is 0 Å². The summed E-state index contributed by atoms with van der Waals surface area (Å²) < 4.78 is 0. The molecule has 5 aromatic carbocycles. The Balaban J connectivity index is 1.61. The maximum Gasteiger partial charge on any atom is 0.180 e. The molecule has 5 aromatic rings. The maximum absolute atomic E-state index is 2.43. The Labute approximate surface area is 209 Å². The van der Waals surface area contributed by atoms with Crippen molar-refractivity contribution in [2.24, 2.45) is 0 Å². The van der Waals surface area contributed by atoms with Gasteiger partial charge in [-0.3, -0.25) is 0 Å². The SMILES string of the molecule is CC(C)(C)c1ccc(-c2ccc3c(c2)-c2ccccc2[Si]3(c2ccccc2)c2ccccc2)cc1. The van der Waals surface area contributed by atoms with E-state index in [1.807, 2.05) is 0 Å². The summed E-state index contributed by atoms with van der Waals surface area (Å²) in [6.45, 7) is 6.81. The molecule has 0 aliphatic carbocycles. The number of rotatable bonds is 3. The van der Waals surface area contributed by atoms with Gasteiger partial charge in [0.05, 0.1) is 0 Å². The molecular weight excluding hydrogens is 436 g/mol. The Kier molecular flexibility index (Phi) is 5.12. The third-order valence-electron chi connectivity index (χ3n) is 7.54. The molecule has 0 radical (unpaired) electrons. The van der Waals surface area contributed by atoms with Crippen LogP contribution >= 0.6 is 0 Å². The third kappa shape index (κ3) is 3.42. The van der Waals surface area contributed by atoms with Gasteiger partial charge in [-0.2, -0.15) is 0 Å². The molecule has 0 spiro atoms. The molecule has 0 saturated heterocycles. The molecule has 1 heteroatoms. The summed E-state index contributed by atoms with van der Waals surface area (Å²) in [5.41, 5.74) is 6.85. The second-order valence-electron chi connectivity index (χ2n) is 10.6. The Morgan fingerprint density at radius 1 is 0.457 bits per heavy atom. The van der Waals surface area contributed by atoms with Gasteiger partial charge in [0.25, 0.3) is 0 Å². The molecule has 0 saturated carbocycles. The highest BCUT2D eigenvalue weighted by Crippen LogP contribution is 2.33. The van der Waals surface area contributed by atoms with Crippen LogP contribution in [0.2, 0.25) is 0 Å². The summed E-state index contributed by atoms with van der Waals surface area (Å²) in [6.07, 6.45) is 0. The van der Waals surface area contributed by atoms with Crippen molar-refractivity contribution in [2.45, 2.75) is 26.2 Å². The van der Waals surface area contributed by atoms with E-state index in [4.69, 9.17) is 0 Å². The molecule has 6 rings (SSSR count). The van der Waals surface area contributed by atoms with Crippen molar-refractivity contribution in [2.75, 3.05) is 0 Å². The highest BCUT2D eigenvalue weighted by Gasteiger charge is 2.48. The summed E-state index contributed by atoms with van der Waals surface area (Å²) in [5, 5.41) is 5.87. The minimum Gasteiger partial charge on any atom is -0.0623 e. The number of hydrogen-bond acceptors (Lipinski definition) is 0. The monoisotopic (exact) mass is 466 g/mol. The minimum atomic E-state index is -2.38. The average molecular weight is 467 g/mol. The van der Waals surface area contributed by atoms with Gasteiger partial charge in [-0.25, -0.2) is 0 Å². The molecule has 0 atom stereocenters. The zero-order chi connectivity index (χ0) is 24.0. The van der Waals surface area contributed by atoms with E-state index in [2.05, 4.69) is 148 Å². The van der Waals surface area contributed by atoms with Crippen molar-refractivity contribution in [3.8, 4) is 22.3 Å². The van der Waals surface area contributed by atoms with Gasteiger partial charge in [0.2, 0.25) is 0 Å². The zero-order valence-electron chi connectivity index (χ0n) is 20.6. The van der Waals surface area contributed by atoms with E-state index in [0.717, 1.165) is 0 Å². The van der Waals surface area contributed by atoms with Crippen molar-refractivity contribution in [1.29, 1.82) is 0 Å². The predicted molar refractivity (Wildman–Crippen MR) is 153 cm³/mol. The Morgan fingerprint density at radius 2 is 0.971 bits per heavy atom. The van der Waals surface area contributed by atoms with Crippen LogP contribution in [-0.2, 0) is 5.41 Å². The predicted octanol–water partition coefficient (Wildman–Crippen LogP) is 6.01. The smallest absolute Gasteiger partial charge is 0.0623 e. The zero-order valence-corrected chi connectivity index (χ0v) is 21.6. The van der Waals surface area contributed by atoms with E-state index in [9.17, 15) is 0 Å². The molecule has 1 aliphatic rings. The molecule has 0 aromatic heterocycles. The molecule has 35 heavy (non-hydrogen) atoms. The van der Waals surface area contributed by atoms with Crippen molar-refractivity contribution < 1.29 is 0 Å². The van der Waals surface area contributed by atoms with Crippen LogP contribution in [0.15, 0.2) is 127 Å². The van der Waals surface area contributed by atoms with Gasteiger partial charge in [-0.05, 0) is 60.0 Å².